The van der Waals surface area contributed by atoms with Crippen molar-refractivity contribution in [3.63, 3.8) is 0 Å². The SMILES string of the molecule is Cn1cccc1CN1CCN(c2ccc([N+](=O)[O-])cc2)CC1. The first-order valence-corrected chi connectivity index (χ1v) is 7.45. The van der Waals surface area contributed by atoms with Crippen molar-refractivity contribution in [3.05, 3.63) is 58.4 Å². The van der Waals surface area contributed by atoms with Crippen LogP contribution in [0.4, 0.5) is 11.4 Å². The average Bonchev–Trinajstić information content (AvgIpc) is 2.93. The molecule has 0 atom stereocenters. The van der Waals surface area contributed by atoms with Gasteiger partial charge in [0.25, 0.3) is 5.69 Å². The maximum Gasteiger partial charge on any atom is 0.269 e. The van der Waals surface area contributed by atoms with Crippen molar-refractivity contribution in [2.45, 2.75) is 6.54 Å². The van der Waals surface area contributed by atoms with E-state index in [0.717, 1.165) is 38.4 Å². The Labute approximate surface area is 129 Å². The molecule has 22 heavy (non-hydrogen) atoms. The fourth-order valence-corrected chi connectivity index (χ4v) is 2.84. The summed E-state index contributed by atoms with van der Waals surface area (Å²) in [5, 5.41) is 10.7. The van der Waals surface area contributed by atoms with Crippen LogP contribution in [0, 0.1) is 10.1 Å². The zero-order valence-corrected chi connectivity index (χ0v) is 12.7. The van der Waals surface area contributed by atoms with E-state index in [9.17, 15) is 10.1 Å². The highest BCUT2D eigenvalue weighted by Crippen LogP contribution is 2.21. The molecule has 3 rings (SSSR count). The van der Waals surface area contributed by atoms with Crippen molar-refractivity contribution >= 4 is 11.4 Å². The number of aryl methyl sites for hydroxylation is 1. The Balaban J connectivity index is 1.57. The van der Waals surface area contributed by atoms with Crippen LogP contribution in [0.5, 0.6) is 0 Å². The first kappa shape index (κ1) is 14.6. The van der Waals surface area contributed by atoms with Crippen LogP contribution < -0.4 is 4.90 Å². The molecule has 1 aromatic heterocycles. The summed E-state index contributed by atoms with van der Waals surface area (Å²) in [6.45, 7) is 4.87. The molecular weight excluding hydrogens is 280 g/mol. The van der Waals surface area contributed by atoms with Gasteiger partial charge in [0.2, 0.25) is 0 Å². The predicted molar refractivity (Wildman–Crippen MR) is 86.0 cm³/mol. The Hall–Kier alpha value is -2.34. The Morgan fingerprint density at radius 3 is 2.32 bits per heavy atom. The normalized spacial score (nSPS) is 16.0. The summed E-state index contributed by atoms with van der Waals surface area (Å²) in [5.74, 6) is 0. The lowest BCUT2D eigenvalue weighted by Gasteiger charge is -2.36. The fraction of sp³-hybridized carbons (Fsp3) is 0.375. The lowest BCUT2D eigenvalue weighted by Crippen LogP contribution is -2.46. The van der Waals surface area contributed by atoms with E-state index in [1.54, 1.807) is 12.1 Å². The Kier molecular flexibility index (Phi) is 4.11. The second-order valence-corrected chi connectivity index (χ2v) is 5.65. The molecule has 1 aromatic carbocycles. The molecular formula is C16H20N4O2. The molecule has 0 bridgehead atoms. The highest BCUT2D eigenvalue weighted by atomic mass is 16.6. The first-order valence-electron chi connectivity index (χ1n) is 7.45. The molecule has 6 heteroatoms. The third kappa shape index (κ3) is 3.12. The van der Waals surface area contributed by atoms with Gasteiger partial charge in [0.05, 0.1) is 4.92 Å². The van der Waals surface area contributed by atoms with Gasteiger partial charge in [0.15, 0.2) is 0 Å². The number of aromatic nitrogens is 1. The third-order valence-electron chi connectivity index (χ3n) is 4.23. The van der Waals surface area contributed by atoms with E-state index in [2.05, 4.69) is 39.7 Å². The maximum absolute atomic E-state index is 10.7. The monoisotopic (exact) mass is 300 g/mol. The Morgan fingerprint density at radius 2 is 1.77 bits per heavy atom. The molecule has 116 valence electrons. The number of hydrogen-bond donors (Lipinski definition) is 0. The molecule has 0 unspecified atom stereocenters. The lowest BCUT2D eigenvalue weighted by atomic mass is 10.2. The molecule has 1 aliphatic rings. The number of nitro groups is 1. The average molecular weight is 300 g/mol. The summed E-state index contributed by atoms with van der Waals surface area (Å²) >= 11 is 0. The van der Waals surface area contributed by atoms with Gasteiger partial charge in [-0.25, -0.2) is 0 Å². The van der Waals surface area contributed by atoms with Gasteiger partial charge in [-0.1, -0.05) is 0 Å². The topological polar surface area (TPSA) is 54.5 Å². The Bertz CT molecular complexity index is 642. The lowest BCUT2D eigenvalue weighted by molar-refractivity contribution is -0.384. The highest BCUT2D eigenvalue weighted by Gasteiger charge is 2.18. The number of benzene rings is 1. The van der Waals surface area contributed by atoms with Gasteiger partial charge in [-0.15, -0.1) is 0 Å². The van der Waals surface area contributed by atoms with E-state index in [-0.39, 0.29) is 10.6 Å². The smallest absolute Gasteiger partial charge is 0.269 e. The first-order chi connectivity index (χ1) is 10.6. The van der Waals surface area contributed by atoms with Crippen molar-refractivity contribution in [1.82, 2.24) is 9.47 Å². The minimum Gasteiger partial charge on any atom is -0.369 e. The fourth-order valence-electron chi connectivity index (χ4n) is 2.84. The minimum atomic E-state index is -0.360. The Morgan fingerprint density at radius 1 is 1.09 bits per heavy atom. The van der Waals surface area contributed by atoms with Crippen LogP contribution >= 0.6 is 0 Å². The summed E-state index contributed by atoms with van der Waals surface area (Å²) < 4.78 is 2.16. The van der Waals surface area contributed by atoms with E-state index in [4.69, 9.17) is 0 Å². The van der Waals surface area contributed by atoms with Crippen LogP contribution in [0.25, 0.3) is 0 Å². The van der Waals surface area contributed by atoms with Gasteiger partial charge in [-0.3, -0.25) is 15.0 Å². The van der Waals surface area contributed by atoms with E-state index in [0.29, 0.717) is 0 Å². The largest absolute Gasteiger partial charge is 0.369 e. The number of anilines is 1. The number of nitrogens with zero attached hydrogens (tertiary/aromatic N) is 4. The van der Waals surface area contributed by atoms with Gasteiger partial charge in [0, 0.05) is 69.5 Å². The van der Waals surface area contributed by atoms with Crippen molar-refractivity contribution in [3.8, 4) is 0 Å². The second-order valence-electron chi connectivity index (χ2n) is 5.65. The van der Waals surface area contributed by atoms with E-state index in [1.165, 1.54) is 5.69 Å². The molecule has 0 N–H and O–H groups in total. The minimum absolute atomic E-state index is 0.145. The van der Waals surface area contributed by atoms with Gasteiger partial charge in [0.1, 0.15) is 0 Å². The number of non-ortho nitro benzene ring substituents is 1. The number of rotatable bonds is 4. The van der Waals surface area contributed by atoms with Crippen LogP contribution in [0.1, 0.15) is 5.69 Å². The summed E-state index contributed by atoms with van der Waals surface area (Å²) in [6, 6.07) is 11.1. The standard InChI is InChI=1S/C16H20N4O2/c1-17-8-2-3-16(17)13-18-9-11-19(12-10-18)14-4-6-15(7-5-14)20(21)22/h2-8H,9-13H2,1H3. The van der Waals surface area contributed by atoms with Crippen LogP contribution in [-0.4, -0.2) is 40.6 Å². The summed E-state index contributed by atoms with van der Waals surface area (Å²) in [7, 11) is 2.07. The van der Waals surface area contributed by atoms with Crippen LogP contribution in [-0.2, 0) is 13.6 Å². The van der Waals surface area contributed by atoms with Crippen molar-refractivity contribution < 1.29 is 4.92 Å². The summed E-state index contributed by atoms with van der Waals surface area (Å²) in [4.78, 5) is 15.1. The number of piperazine rings is 1. The van der Waals surface area contributed by atoms with Crippen molar-refractivity contribution in [2.75, 3.05) is 31.1 Å². The second kappa shape index (κ2) is 6.19. The zero-order valence-electron chi connectivity index (χ0n) is 12.7. The quantitative estimate of drug-likeness (QED) is 0.642. The number of nitro benzene ring substituents is 1. The molecule has 6 nitrogen and oxygen atoms in total. The molecule has 1 fully saturated rings. The van der Waals surface area contributed by atoms with Crippen LogP contribution in [0.2, 0.25) is 0 Å². The number of hydrogen-bond acceptors (Lipinski definition) is 4. The molecule has 2 heterocycles. The molecule has 0 radical (unpaired) electrons. The molecule has 0 amide bonds. The molecule has 1 aliphatic heterocycles. The van der Waals surface area contributed by atoms with Gasteiger partial charge < -0.3 is 9.47 Å². The molecule has 0 aliphatic carbocycles. The van der Waals surface area contributed by atoms with Gasteiger partial charge in [-0.2, -0.15) is 0 Å². The van der Waals surface area contributed by atoms with Crippen LogP contribution in [0.3, 0.4) is 0 Å². The van der Waals surface area contributed by atoms with Crippen molar-refractivity contribution in [2.24, 2.45) is 7.05 Å². The molecule has 0 spiro atoms. The maximum atomic E-state index is 10.7. The van der Waals surface area contributed by atoms with E-state index in [1.807, 2.05) is 12.1 Å². The molecule has 2 aromatic rings. The van der Waals surface area contributed by atoms with Gasteiger partial charge in [-0.05, 0) is 24.3 Å². The highest BCUT2D eigenvalue weighted by molar-refractivity contribution is 5.51. The summed E-state index contributed by atoms with van der Waals surface area (Å²) in [5.41, 5.74) is 2.53. The van der Waals surface area contributed by atoms with E-state index >= 15 is 0 Å². The predicted octanol–water partition coefficient (Wildman–Crippen LogP) is 2.26. The molecule has 0 saturated carbocycles. The van der Waals surface area contributed by atoms with Crippen molar-refractivity contribution in [1.29, 1.82) is 0 Å². The third-order valence-corrected chi connectivity index (χ3v) is 4.23. The van der Waals surface area contributed by atoms with E-state index < -0.39 is 0 Å². The summed E-state index contributed by atoms with van der Waals surface area (Å²) in [6.07, 6.45) is 2.07. The zero-order chi connectivity index (χ0) is 15.5. The van der Waals surface area contributed by atoms with Gasteiger partial charge >= 0.3 is 0 Å². The van der Waals surface area contributed by atoms with Crippen LogP contribution in [0.15, 0.2) is 42.6 Å². The molecule has 1 saturated heterocycles.